The van der Waals surface area contributed by atoms with Crippen LogP contribution in [0.4, 0.5) is 4.39 Å². The van der Waals surface area contributed by atoms with Gasteiger partial charge in [-0.15, -0.1) is 10.2 Å². The van der Waals surface area contributed by atoms with E-state index in [-0.39, 0.29) is 11.1 Å². The van der Waals surface area contributed by atoms with E-state index in [1.165, 1.54) is 17.8 Å². The zero-order valence-electron chi connectivity index (χ0n) is 9.38. The van der Waals surface area contributed by atoms with Crippen molar-refractivity contribution in [2.75, 3.05) is 6.54 Å². The van der Waals surface area contributed by atoms with Crippen molar-refractivity contribution in [1.82, 2.24) is 14.8 Å². The monoisotopic (exact) mass is 252 g/mol. The number of rotatable bonds is 4. The molecule has 0 bridgehead atoms. The number of nitrogens with two attached hydrogens (primary N) is 1. The highest BCUT2D eigenvalue weighted by molar-refractivity contribution is 7.99. The molecule has 0 saturated heterocycles. The molecule has 0 aliphatic rings. The molecule has 1 atom stereocenters. The molecule has 0 aliphatic carbocycles. The van der Waals surface area contributed by atoms with Crippen LogP contribution in [0.15, 0.2) is 35.7 Å². The third kappa shape index (κ3) is 2.65. The molecule has 90 valence electrons. The average molecular weight is 252 g/mol. The molecule has 0 aliphatic heterocycles. The predicted octanol–water partition coefficient (Wildman–Crippen LogP) is 1.75. The van der Waals surface area contributed by atoms with E-state index < -0.39 is 0 Å². The van der Waals surface area contributed by atoms with Crippen LogP contribution in [0.25, 0.3) is 0 Å². The number of thioether (sulfide) groups is 1. The zero-order valence-corrected chi connectivity index (χ0v) is 10.2. The number of aryl methyl sites for hydroxylation is 1. The number of nitrogens with zero attached hydrogens (tertiary/aromatic N) is 3. The van der Waals surface area contributed by atoms with E-state index in [4.69, 9.17) is 5.73 Å². The molecule has 4 nitrogen and oxygen atoms in total. The molecule has 6 heteroatoms. The third-order valence-corrected chi connectivity index (χ3v) is 3.70. The van der Waals surface area contributed by atoms with Crippen molar-refractivity contribution >= 4 is 11.8 Å². The van der Waals surface area contributed by atoms with Crippen LogP contribution in [-0.2, 0) is 7.05 Å². The Morgan fingerprint density at radius 2 is 2.24 bits per heavy atom. The lowest BCUT2D eigenvalue weighted by Crippen LogP contribution is -2.11. The molecular formula is C11H13FN4S. The number of hydrogen-bond donors (Lipinski definition) is 1. The van der Waals surface area contributed by atoms with Crippen LogP contribution >= 0.6 is 11.8 Å². The molecule has 1 heterocycles. The van der Waals surface area contributed by atoms with E-state index in [1.54, 1.807) is 29.1 Å². The normalized spacial score (nSPS) is 12.6. The predicted molar refractivity (Wildman–Crippen MR) is 65.1 cm³/mol. The maximum atomic E-state index is 13.6. The highest BCUT2D eigenvalue weighted by atomic mass is 32.2. The number of benzene rings is 1. The summed E-state index contributed by atoms with van der Waals surface area (Å²) < 4.78 is 15.4. The molecule has 1 unspecified atom stereocenters. The summed E-state index contributed by atoms with van der Waals surface area (Å²) in [6.07, 6.45) is 1.61. The number of halogens is 1. The summed E-state index contributed by atoms with van der Waals surface area (Å²) in [5, 5.41) is 8.31. The summed E-state index contributed by atoms with van der Waals surface area (Å²) in [6, 6.07) is 6.66. The highest BCUT2D eigenvalue weighted by Gasteiger charge is 2.17. The van der Waals surface area contributed by atoms with Crippen LogP contribution in [0.5, 0.6) is 0 Å². The molecule has 0 amide bonds. The average Bonchev–Trinajstić information content (AvgIpc) is 2.73. The fourth-order valence-corrected chi connectivity index (χ4v) is 2.46. The quantitative estimate of drug-likeness (QED) is 0.842. The van der Waals surface area contributed by atoms with Crippen LogP contribution in [-0.4, -0.2) is 21.3 Å². The third-order valence-electron chi connectivity index (χ3n) is 2.38. The molecule has 2 N–H and O–H groups in total. The number of aromatic nitrogens is 3. The van der Waals surface area contributed by atoms with Gasteiger partial charge < -0.3 is 10.3 Å². The van der Waals surface area contributed by atoms with Gasteiger partial charge in [-0.3, -0.25) is 0 Å². The van der Waals surface area contributed by atoms with Crippen molar-refractivity contribution in [2.45, 2.75) is 10.4 Å². The summed E-state index contributed by atoms with van der Waals surface area (Å²) in [7, 11) is 1.84. The SMILES string of the molecule is Cn1cnnc1SC(CN)c1ccccc1F. The first kappa shape index (κ1) is 12.1. The maximum absolute atomic E-state index is 13.6. The first-order chi connectivity index (χ1) is 8.22. The smallest absolute Gasteiger partial charge is 0.191 e. The van der Waals surface area contributed by atoms with Crippen LogP contribution < -0.4 is 5.73 Å². The lowest BCUT2D eigenvalue weighted by molar-refractivity contribution is 0.607. The summed E-state index contributed by atoms with van der Waals surface area (Å²) in [4.78, 5) is 0. The van der Waals surface area contributed by atoms with Gasteiger partial charge in [0.25, 0.3) is 0 Å². The summed E-state index contributed by atoms with van der Waals surface area (Å²) in [5.41, 5.74) is 6.30. The standard InChI is InChI=1S/C11H13FN4S/c1-16-7-14-15-11(16)17-10(6-13)8-4-2-3-5-9(8)12/h2-5,7,10H,6,13H2,1H3. The van der Waals surface area contributed by atoms with Crippen LogP contribution in [0.3, 0.4) is 0 Å². The largest absolute Gasteiger partial charge is 0.329 e. The molecular weight excluding hydrogens is 239 g/mol. The van der Waals surface area contributed by atoms with Crippen molar-refractivity contribution in [3.05, 3.63) is 42.0 Å². The first-order valence-corrected chi connectivity index (χ1v) is 6.05. The summed E-state index contributed by atoms with van der Waals surface area (Å²) >= 11 is 1.41. The van der Waals surface area contributed by atoms with Gasteiger partial charge in [0.15, 0.2) is 5.16 Å². The summed E-state index contributed by atoms with van der Waals surface area (Å²) in [6.45, 7) is 0.346. The van der Waals surface area contributed by atoms with Gasteiger partial charge in [0, 0.05) is 19.2 Å². The Balaban J connectivity index is 2.23. The van der Waals surface area contributed by atoms with E-state index in [0.717, 1.165) is 5.16 Å². The zero-order chi connectivity index (χ0) is 12.3. The van der Waals surface area contributed by atoms with Gasteiger partial charge >= 0.3 is 0 Å². The summed E-state index contributed by atoms with van der Waals surface area (Å²) in [5.74, 6) is -0.238. The van der Waals surface area contributed by atoms with Gasteiger partial charge in [-0.25, -0.2) is 4.39 Å². The second-order valence-electron chi connectivity index (χ2n) is 3.59. The molecule has 2 rings (SSSR count). The second-order valence-corrected chi connectivity index (χ2v) is 4.76. The molecule has 0 saturated carbocycles. The fourth-order valence-electron chi connectivity index (χ4n) is 1.48. The van der Waals surface area contributed by atoms with Crippen LogP contribution in [0.1, 0.15) is 10.8 Å². The molecule has 1 aromatic carbocycles. The van der Waals surface area contributed by atoms with Crippen molar-refractivity contribution in [1.29, 1.82) is 0 Å². The van der Waals surface area contributed by atoms with E-state index in [1.807, 2.05) is 7.05 Å². The van der Waals surface area contributed by atoms with Gasteiger partial charge in [-0.2, -0.15) is 0 Å². The van der Waals surface area contributed by atoms with Gasteiger partial charge in [-0.1, -0.05) is 30.0 Å². The highest BCUT2D eigenvalue weighted by Crippen LogP contribution is 2.33. The topological polar surface area (TPSA) is 56.7 Å². The lowest BCUT2D eigenvalue weighted by atomic mass is 10.1. The Morgan fingerprint density at radius 1 is 1.47 bits per heavy atom. The van der Waals surface area contributed by atoms with E-state index in [0.29, 0.717) is 12.1 Å². The van der Waals surface area contributed by atoms with Crippen molar-refractivity contribution in [3.63, 3.8) is 0 Å². The Hall–Kier alpha value is -1.40. The molecule has 1 aromatic heterocycles. The van der Waals surface area contributed by atoms with Gasteiger partial charge in [0.2, 0.25) is 0 Å². The lowest BCUT2D eigenvalue weighted by Gasteiger charge is -2.14. The molecule has 17 heavy (non-hydrogen) atoms. The Morgan fingerprint density at radius 3 is 2.82 bits per heavy atom. The molecule has 0 radical (unpaired) electrons. The van der Waals surface area contributed by atoms with E-state index in [9.17, 15) is 4.39 Å². The Labute approximate surface area is 103 Å². The second kappa shape index (κ2) is 5.29. The van der Waals surface area contributed by atoms with Gasteiger partial charge in [0.1, 0.15) is 12.1 Å². The Bertz CT molecular complexity index is 500. The van der Waals surface area contributed by atoms with E-state index >= 15 is 0 Å². The minimum atomic E-state index is -0.238. The maximum Gasteiger partial charge on any atom is 0.191 e. The molecule has 0 fully saturated rings. The van der Waals surface area contributed by atoms with Crippen molar-refractivity contribution in [2.24, 2.45) is 12.8 Å². The van der Waals surface area contributed by atoms with Crippen molar-refractivity contribution in [3.8, 4) is 0 Å². The minimum Gasteiger partial charge on any atom is -0.329 e. The Kier molecular flexibility index (Phi) is 3.75. The minimum absolute atomic E-state index is 0.154. The van der Waals surface area contributed by atoms with Gasteiger partial charge in [-0.05, 0) is 6.07 Å². The molecule has 0 spiro atoms. The van der Waals surface area contributed by atoms with Crippen molar-refractivity contribution < 1.29 is 4.39 Å². The van der Waals surface area contributed by atoms with Crippen LogP contribution in [0.2, 0.25) is 0 Å². The first-order valence-electron chi connectivity index (χ1n) is 5.17. The fraction of sp³-hybridized carbons (Fsp3) is 0.273. The number of hydrogen-bond acceptors (Lipinski definition) is 4. The van der Waals surface area contributed by atoms with Gasteiger partial charge in [0.05, 0.1) is 5.25 Å². The van der Waals surface area contributed by atoms with E-state index in [2.05, 4.69) is 10.2 Å². The van der Waals surface area contributed by atoms with Crippen LogP contribution in [0, 0.1) is 5.82 Å². The molecule has 2 aromatic rings.